The number of hydrogen-bond donors (Lipinski definition) is 0. The van der Waals surface area contributed by atoms with Crippen molar-refractivity contribution in [3.8, 4) is 46.0 Å². The molecule has 4 nitrogen and oxygen atoms in total. The Morgan fingerprint density at radius 3 is 1.35 bits per heavy atom. The molecule has 0 bridgehead atoms. The quantitative estimate of drug-likeness (QED) is 0.257. The van der Waals surface area contributed by atoms with Crippen LogP contribution in [0.2, 0.25) is 0 Å². The Balaban J connectivity index is 1.08. The number of fused-ring (bicyclic) bond motifs is 8. The van der Waals surface area contributed by atoms with E-state index in [0.29, 0.717) is 0 Å². The van der Waals surface area contributed by atoms with Crippen molar-refractivity contribution in [2.45, 2.75) is 13.8 Å². The summed E-state index contributed by atoms with van der Waals surface area (Å²) in [5.41, 5.74) is 9.79. The molecule has 0 spiro atoms. The van der Waals surface area contributed by atoms with Crippen LogP contribution in [-0.2, 0) is 0 Å². The number of aryl methyl sites for hydroxylation is 2. The molecule has 4 aliphatic heterocycles. The molecule has 0 amide bonds. The van der Waals surface area contributed by atoms with E-state index in [2.05, 4.69) is 111 Å². The minimum absolute atomic E-state index is 0.0483. The van der Waals surface area contributed by atoms with Gasteiger partial charge in [-0.05, 0) is 0 Å². The van der Waals surface area contributed by atoms with Crippen molar-refractivity contribution in [1.82, 2.24) is 0 Å². The third-order valence-corrected chi connectivity index (χ3v) is 15.3. The molecule has 0 radical (unpaired) electrons. The van der Waals surface area contributed by atoms with E-state index in [9.17, 15) is 0 Å². The molecule has 0 unspecified atom stereocenters. The molecule has 0 saturated heterocycles. The van der Waals surface area contributed by atoms with Crippen LogP contribution in [0.4, 0.5) is 0 Å². The Hall–Kier alpha value is -5.09. The first-order chi connectivity index (χ1) is 25.6. The molecule has 7 aromatic rings. The van der Waals surface area contributed by atoms with E-state index in [0.717, 1.165) is 57.1 Å². The number of para-hydroxylation sites is 2. The van der Waals surface area contributed by atoms with Gasteiger partial charge in [0, 0.05) is 0 Å². The number of hydrogen-bond acceptors (Lipinski definition) is 4. The van der Waals surface area contributed by atoms with Gasteiger partial charge in [-0.2, -0.15) is 0 Å². The molecule has 0 aliphatic carbocycles. The van der Waals surface area contributed by atoms with Crippen LogP contribution in [0.3, 0.4) is 0 Å². The molecule has 0 N–H and O–H groups in total. The summed E-state index contributed by atoms with van der Waals surface area (Å²) in [5, 5.41) is 0. The second-order valence-corrected chi connectivity index (χ2v) is 18.2. The standard InChI is InChI=1S/C44H28B2O4Se2/c1-25-11-3-7-15-33(25)47-27-19-37-43-41(21-27)51-39-17-9-5-13-29(39)45(43)31-23-32-36(24-35(31)49-37)50-38-20-28(48-34-16-8-4-12-26(34)2)22-42-44(38)46(32)30-14-6-10-18-40(30)52-42/h3-24H,1-2H3. The number of benzene rings is 7. The van der Waals surface area contributed by atoms with Crippen molar-refractivity contribution in [2.24, 2.45) is 0 Å². The molecule has 11 rings (SSSR count). The van der Waals surface area contributed by atoms with E-state index in [4.69, 9.17) is 18.9 Å². The van der Waals surface area contributed by atoms with Crippen LogP contribution in [-0.4, -0.2) is 43.3 Å². The summed E-state index contributed by atoms with van der Waals surface area (Å²) >= 11 is 0.216. The monoisotopic (exact) mass is 802 g/mol. The third-order valence-electron chi connectivity index (χ3n) is 10.5. The summed E-state index contributed by atoms with van der Waals surface area (Å²) in [7, 11) is 0. The molecular weight excluding hydrogens is 772 g/mol. The van der Waals surface area contributed by atoms with Gasteiger partial charge in [0.05, 0.1) is 0 Å². The molecule has 52 heavy (non-hydrogen) atoms. The predicted octanol–water partition coefficient (Wildman–Crippen LogP) is 3.07. The first kappa shape index (κ1) is 30.5. The molecule has 7 aromatic carbocycles. The number of rotatable bonds is 4. The van der Waals surface area contributed by atoms with E-state index in [-0.39, 0.29) is 43.3 Å². The second kappa shape index (κ2) is 11.7. The van der Waals surface area contributed by atoms with E-state index in [1.807, 2.05) is 36.4 Å². The molecule has 0 fully saturated rings. The van der Waals surface area contributed by atoms with Gasteiger partial charge in [-0.1, -0.05) is 0 Å². The van der Waals surface area contributed by atoms with Crippen LogP contribution >= 0.6 is 0 Å². The van der Waals surface area contributed by atoms with Crippen LogP contribution in [0.1, 0.15) is 11.1 Å². The van der Waals surface area contributed by atoms with Crippen LogP contribution in [0, 0.1) is 13.8 Å². The molecule has 0 atom stereocenters. The van der Waals surface area contributed by atoms with Gasteiger partial charge in [-0.15, -0.1) is 0 Å². The Morgan fingerprint density at radius 1 is 0.423 bits per heavy atom. The fourth-order valence-electron chi connectivity index (χ4n) is 8.05. The van der Waals surface area contributed by atoms with Gasteiger partial charge < -0.3 is 0 Å². The predicted molar refractivity (Wildman–Crippen MR) is 214 cm³/mol. The van der Waals surface area contributed by atoms with Crippen LogP contribution in [0.5, 0.6) is 46.0 Å². The summed E-state index contributed by atoms with van der Waals surface area (Å²) in [4.78, 5) is 0. The van der Waals surface area contributed by atoms with Crippen LogP contribution in [0.25, 0.3) is 0 Å². The van der Waals surface area contributed by atoms with E-state index in [1.165, 1.54) is 50.6 Å². The van der Waals surface area contributed by atoms with E-state index in [1.54, 1.807) is 0 Å². The Labute approximate surface area is 315 Å². The van der Waals surface area contributed by atoms with Gasteiger partial charge >= 0.3 is 317 Å². The van der Waals surface area contributed by atoms with Crippen molar-refractivity contribution < 1.29 is 18.9 Å². The van der Waals surface area contributed by atoms with Crippen molar-refractivity contribution >= 4 is 94.0 Å². The maximum absolute atomic E-state index is 6.92. The molecule has 246 valence electrons. The van der Waals surface area contributed by atoms with Crippen molar-refractivity contribution in [3.05, 3.63) is 145 Å². The zero-order chi connectivity index (χ0) is 34.5. The van der Waals surface area contributed by atoms with E-state index < -0.39 is 0 Å². The summed E-state index contributed by atoms with van der Waals surface area (Å²) in [6.07, 6.45) is 0. The van der Waals surface area contributed by atoms with Crippen molar-refractivity contribution in [1.29, 1.82) is 0 Å². The van der Waals surface area contributed by atoms with Crippen LogP contribution < -0.4 is 69.6 Å². The second-order valence-electron chi connectivity index (χ2n) is 13.7. The normalized spacial score (nSPS) is 13.7. The van der Waals surface area contributed by atoms with Crippen molar-refractivity contribution in [2.75, 3.05) is 0 Å². The molecule has 8 heteroatoms. The summed E-state index contributed by atoms with van der Waals surface area (Å²) in [5.74, 6) is 6.65. The first-order valence-corrected chi connectivity index (χ1v) is 20.9. The zero-order valence-corrected chi connectivity index (χ0v) is 31.7. The van der Waals surface area contributed by atoms with Gasteiger partial charge in [-0.25, -0.2) is 0 Å². The Bertz CT molecular complexity index is 2480. The fourth-order valence-corrected chi connectivity index (χ4v) is 13.0. The van der Waals surface area contributed by atoms with Crippen LogP contribution in [0.15, 0.2) is 133 Å². The third kappa shape index (κ3) is 4.76. The van der Waals surface area contributed by atoms with Gasteiger partial charge in [0.2, 0.25) is 0 Å². The van der Waals surface area contributed by atoms with Gasteiger partial charge in [0.1, 0.15) is 0 Å². The molecule has 0 aromatic heterocycles. The fraction of sp³-hybridized carbons (Fsp3) is 0.0455. The molecule has 0 saturated carbocycles. The van der Waals surface area contributed by atoms with Gasteiger partial charge in [-0.3, -0.25) is 0 Å². The molecule has 4 heterocycles. The Morgan fingerprint density at radius 2 is 0.865 bits per heavy atom. The average Bonchev–Trinajstić information content (AvgIpc) is 3.15. The Kier molecular flexibility index (Phi) is 6.88. The molecule has 4 aliphatic rings. The van der Waals surface area contributed by atoms with Crippen molar-refractivity contribution in [3.63, 3.8) is 0 Å². The van der Waals surface area contributed by atoms with Gasteiger partial charge in [0.25, 0.3) is 0 Å². The maximum atomic E-state index is 6.92. The van der Waals surface area contributed by atoms with Gasteiger partial charge in [0.15, 0.2) is 0 Å². The minimum atomic E-state index is 0.0483. The SMILES string of the molecule is Cc1ccccc1Oc1cc2c3c(c1)[Se]c1ccccc1B3c1cc3c(cc1O2)Oc1cc(Oc2ccccc2C)cc2c1B3c1ccccc1[Se]2. The molecular formula is C44H28B2O4Se2. The zero-order valence-electron chi connectivity index (χ0n) is 28.3. The first-order valence-electron chi connectivity index (χ1n) is 17.5. The number of ether oxygens (including phenoxy) is 4. The summed E-state index contributed by atoms with van der Waals surface area (Å²) in [6.45, 7) is 4.25. The summed E-state index contributed by atoms with van der Waals surface area (Å²) < 4.78 is 32.3. The topological polar surface area (TPSA) is 36.9 Å². The average molecular weight is 800 g/mol. The van der Waals surface area contributed by atoms with E-state index >= 15 is 0 Å². The summed E-state index contributed by atoms with van der Waals surface area (Å²) in [6, 6.07) is 47.3.